The number of carbonyl (C=O) groups is 1. The standard InChI is InChI=1S/C13H10FNO2/c14-11-3-1-2-9(7-11)6-10-4-5-12(13(16)17)15-8-10/h1-5,7-8H,6H2,(H,16,17). The summed E-state index contributed by atoms with van der Waals surface area (Å²) in [6, 6.07) is 9.41. The number of pyridine rings is 1. The third kappa shape index (κ3) is 2.87. The largest absolute Gasteiger partial charge is 0.477 e. The van der Waals surface area contributed by atoms with Crippen LogP contribution in [0, 0.1) is 5.82 Å². The monoisotopic (exact) mass is 231 g/mol. The van der Waals surface area contributed by atoms with E-state index in [1.54, 1.807) is 12.1 Å². The highest BCUT2D eigenvalue weighted by molar-refractivity contribution is 5.85. The van der Waals surface area contributed by atoms with E-state index >= 15 is 0 Å². The topological polar surface area (TPSA) is 50.2 Å². The third-order valence-electron chi connectivity index (χ3n) is 2.34. The molecule has 86 valence electrons. The molecule has 1 aromatic heterocycles. The molecule has 0 aliphatic rings. The quantitative estimate of drug-likeness (QED) is 0.882. The van der Waals surface area contributed by atoms with E-state index in [0.717, 1.165) is 11.1 Å². The van der Waals surface area contributed by atoms with E-state index in [4.69, 9.17) is 5.11 Å². The van der Waals surface area contributed by atoms with Gasteiger partial charge in [-0.1, -0.05) is 18.2 Å². The number of rotatable bonds is 3. The van der Waals surface area contributed by atoms with Crippen LogP contribution >= 0.6 is 0 Å². The van der Waals surface area contributed by atoms with E-state index in [0.29, 0.717) is 6.42 Å². The van der Waals surface area contributed by atoms with E-state index in [1.165, 1.54) is 24.4 Å². The first-order valence-corrected chi connectivity index (χ1v) is 5.08. The molecule has 0 bridgehead atoms. The van der Waals surface area contributed by atoms with Gasteiger partial charge in [-0.2, -0.15) is 0 Å². The van der Waals surface area contributed by atoms with E-state index < -0.39 is 5.97 Å². The predicted molar refractivity (Wildman–Crippen MR) is 60.4 cm³/mol. The summed E-state index contributed by atoms with van der Waals surface area (Å²) in [7, 11) is 0. The van der Waals surface area contributed by atoms with E-state index in [9.17, 15) is 9.18 Å². The smallest absolute Gasteiger partial charge is 0.354 e. The van der Waals surface area contributed by atoms with Gasteiger partial charge in [0.2, 0.25) is 0 Å². The fourth-order valence-electron chi connectivity index (χ4n) is 1.54. The Hall–Kier alpha value is -2.23. The lowest BCUT2D eigenvalue weighted by Crippen LogP contribution is -2.00. The maximum absolute atomic E-state index is 12.9. The van der Waals surface area contributed by atoms with Crippen LogP contribution in [0.1, 0.15) is 21.6 Å². The zero-order chi connectivity index (χ0) is 12.3. The Bertz CT molecular complexity index is 537. The summed E-state index contributed by atoms with van der Waals surface area (Å²) in [5.74, 6) is -1.33. The van der Waals surface area contributed by atoms with Gasteiger partial charge in [0, 0.05) is 6.20 Å². The first kappa shape index (κ1) is 11.3. The minimum absolute atomic E-state index is 0.00740. The molecule has 0 unspecified atom stereocenters. The highest BCUT2D eigenvalue weighted by Crippen LogP contribution is 2.10. The molecule has 0 amide bonds. The Balaban J connectivity index is 2.16. The van der Waals surface area contributed by atoms with Crippen LogP contribution in [-0.4, -0.2) is 16.1 Å². The van der Waals surface area contributed by atoms with Crippen molar-refractivity contribution in [3.8, 4) is 0 Å². The normalized spacial score (nSPS) is 10.2. The number of carboxylic acid groups (broad SMARTS) is 1. The Morgan fingerprint density at radius 1 is 1.24 bits per heavy atom. The highest BCUT2D eigenvalue weighted by Gasteiger charge is 2.04. The first-order valence-electron chi connectivity index (χ1n) is 5.08. The number of carboxylic acids is 1. The van der Waals surface area contributed by atoms with Gasteiger partial charge >= 0.3 is 5.97 Å². The predicted octanol–water partition coefficient (Wildman–Crippen LogP) is 2.51. The van der Waals surface area contributed by atoms with Crippen LogP contribution in [0.4, 0.5) is 4.39 Å². The summed E-state index contributed by atoms with van der Waals surface area (Å²) in [6.45, 7) is 0. The second kappa shape index (κ2) is 4.74. The van der Waals surface area contributed by atoms with Gasteiger partial charge < -0.3 is 5.11 Å². The zero-order valence-electron chi connectivity index (χ0n) is 8.93. The molecule has 0 fully saturated rings. The van der Waals surface area contributed by atoms with Crippen molar-refractivity contribution < 1.29 is 14.3 Å². The van der Waals surface area contributed by atoms with E-state index in [2.05, 4.69) is 4.98 Å². The van der Waals surface area contributed by atoms with Crippen molar-refractivity contribution in [2.45, 2.75) is 6.42 Å². The molecule has 0 aliphatic carbocycles. The molecule has 2 aromatic rings. The van der Waals surface area contributed by atoms with Gasteiger partial charge in [0.15, 0.2) is 0 Å². The summed E-state index contributed by atoms with van der Waals surface area (Å²) in [4.78, 5) is 14.4. The van der Waals surface area contributed by atoms with Crippen molar-refractivity contribution in [3.05, 3.63) is 65.2 Å². The number of aromatic nitrogens is 1. The Morgan fingerprint density at radius 2 is 2.06 bits per heavy atom. The maximum Gasteiger partial charge on any atom is 0.354 e. The Kier molecular flexibility index (Phi) is 3.14. The van der Waals surface area contributed by atoms with Crippen LogP contribution in [0.15, 0.2) is 42.6 Å². The van der Waals surface area contributed by atoms with Gasteiger partial charge in [0.25, 0.3) is 0 Å². The lowest BCUT2D eigenvalue weighted by Gasteiger charge is -2.02. The Labute approximate surface area is 97.6 Å². The molecule has 0 spiro atoms. The summed E-state index contributed by atoms with van der Waals surface area (Å²) >= 11 is 0. The molecule has 0 radical (unpaired) electrons. The zero-order valence-corrected chi connectivity index (χ0v) is 8.93. The average Bonchev–Trinajstić information content (AvgIpc) is 2.29. The molecule has 2 rings (SSSR count). The molecule has 0 atom stereocenters. The minimum atomic E-state index is -1.05. The van der Waals surface area contributed by atoms with Gasteiger partial charge in [-0.15, -0.1) is 0 Å². The SMILES string of the molecule is O=C(O)c1ccc(Cc2cccc(F)c2)cn1. The molecule has 3 nitrogen and oxygen atoms in total. The molecule has 17 heavy (non-hydrogen) atoms. The van der Waals surface area contributed by atoms with E-state index in [1.807, 2.05) is 6.07 Å². The highest BCUT2D eigenvalue weighted by atomic mass is 19.1. The van der Waals surface area contributed by atoms with Gasteiger partial charge in [0.1, 0.15) is 11.5 Å². The van der Waals surface area contributed by atoms with E-state index in [-0.39, 0.29) is 11.5 Å². The first-order chi connectivity index (χ1) is 8.15. The molecule has 1 N–H and O–H groups in total. The number of nitrogens with zero attached hydrogens (tertiary/aromatic N) is 1. The third-order valence-corrected chi connectivity index (χ3v) is 2.34. The van der Waals surface area contributed by atoms with Crippen molar-refractivity contribution in [3.63, 3.8) is 0 Å². The van der Waals surface area contributed by atoms with Crippen LogP contribution in [-0.2, 0) is 6.42 Å². The molecular formula is C13H10FNO2. The van der Waals surface area contributed by atoms with Crippen molar-refractivity contribution in [1.82, 2.24) is 4.98 Å². The van der Waals surface area contributed by atoms with Crippen molar-refractivity contribution in [1.29, 1.82) is 0 Å². The van der Waals surface area contributed by atoms with Crippen molar-refractivity contribution >= 4 is 5.97 Å². The van der Waals surface area contributed by atoms with Crippen molar-refractivity contribution in [2.24, 2.45) is 0 Å². The van der Waals surface area contributed by atoms with Crippen LogP contribution in [0.25, 0.3) is 0 Å². The van der Waals surface area contributed by atoms with Crippen LogP contribution < -0.4 is 0 Å². The van der Waals surface area contributed by atoms with Gasteiger partial charge in [-0.25, -0.2) is 14.2 Å². The second-order valence-corrected chi connectivity index (χ2v) is 3.66. The molecular weight excluding hydrogens is 221 g/mol. The maximum atomic E-state index is 12.9. The molecule has 0 aliphatic heterocycles. The van der Waals surface area contributed by atoms with Crippen LogP contribution in [0.2, 0.25) is 0 Å². The number of halogens is 1. The molecule has 0 saturated carbocycles. The van der Waals surface area contributed by atoms with Gasteiger partial charge in [-0.05, 0) is 35.7 Å². The fourth-order valence-corrected chi connectivity index (χ4v) is 1.54. The minimum Gasteiger partial charge on any atom is -0.477 e. The summed E-state index contributed by atoms with van der Waals surface area (Å²) in [5.41, 5.74) is 1.68. The van der Waals surface area contributed by atoms with Crippen LogP contribution in [0.5, 0.6) is 0 Å². The molecule has 4 heteroatoms. The fraction of sp³-hybridized carbons (Fsp3) is 0.0769. The Morgan fingerprint density at radius 3 is 2.65 bits per heavy atom. The molecule has 1 aromatic carbocycles. The number of benzene rings is 1. The molecule has 0 saturated heterocycles. The molecule has 1 heterocycles. The number of hydrogen-bond donors (Lipinski definition) is 1. The average molecular weight is 231 g/mol. The van der Waals surface area contributed by atoms with Crippen LogP contribution in [0.3, 0.4) is 0 Å². The lowest BCUT2D eigenvalue weighted by molar-refractivity contribution is 0.0690. The summed E-state index contributed by atoms with van der Waals surface area (Å²) in [6.07, 6.45) is 2.03. The van der Waals surface area contributed by atoms with Gasteiger partial charge in [-0.3, -0.25) is 0 Å². The summed E-state index contributed by atoms with van der Waals surface area (Å²) < 4.78 is 12.9. The van der Waals surface area contributed by atoms with Crippen molar-refractivity contribution in [2.75, 3.05) is 0 Å². The lowest BCUT2D eigenvalue weighted by atomic mass is 10.1. The summed E-state index contributed by atoms with van der Waals surface area (Å²) in [5, 5.41) is 8.69. The second-order valence-electron chi connectivity index (χ2n) is 3.66. The van der Waals surface area contributed by atoms with Gasteiger partial charge in [0.05, 0.1) is 0 Å². The number of aromatic carboxylic acids is 1. The number of hydrogen-bond acceptors (Lipinski definition) is 2.